The molecular weight excluding hydrogens is 316 g/mol. The van der Waals surface area contributed by atoms with Gasteiger partial charge in [-0.1, -0.05) is 60.7 Å². The van der Waals surface area contributed by atoms with E-state index in [4.69, 9.17) is 9.84 Å². The topological polar surface area (TPSA) is 70.9 Å². The molecule has 3 rings (SSSR count). The molecule has 0 aromatic heterocycles. The molecule has 2 N–H and O–H groups in total. The van der Waals surface area contributed by atoms with Crippen molar-refractivity contribution in [3.63, 3.8) is 0 Å². The van der Waals surface area contributed by atoms with Crippen molar-refractivity contribution in [2.24, 2.45) is 5.10 Å². The van der Waals surface area contributed by atoms with Gasteiger partial charge in [-0.05, 0) is 22.4 Å². The van der Waals surface area contributed by atoms with Gasteiger partial charge in [0.05, 0.1) is 6.21 Å². The third-order valence-corrected chi connectivity index (χ3v) is 3.69. The lowest BCUT2D eigenvalue weighted by molar-refractivity contribution is -0.123. The molecule has 0 unspecified atom stereocenters. The molecule has 1 amide bonds. The van der Waals surface area contributed by atoms with Crippen LogP contribution in [0.15, 0.2) is 71.8 Å². The Hall–Kier alpha value is -3.18. The molecular formula is C20H18N2O3. The highest BCUT2D eigenvalue weighted by Gasteiger charge is 2.08. The molecule has 0 heterocycles. The molecule has 0 spiro atoms. The van der Waals surface area contributed by atoms with Gasteiger partial charge in [-0.3, -0.25) is 4.79 Å². The maximum absolute atomic E-state index is 11.2. The lowest BCUT2D eigenvalue weighted by atomic mass is 10.0. The Morgan fingerprint density at radius 2 is 1.80 bits per heavy atom. The van der Waals surface area contributed by atoms with Gasteiger partial charge in [0.25, 0.3) is 5.91 Å². The van der Waals surface area contributed by atoms with Gasteiger partial charge in [0.15, 0.2) is 0 Å². The maximum Gasteiger partial charge on any atom is 0.265 e. The molecule has 0 aliphatic heterocycles. The molecule has 3 aromatic carbocycles. The quantitative estimate of drug-likeness (QED) is 0.538. The van der Waals surface area contributed by atoms with Crippen molar-refractivity contribution < 1.29 is 14.6 Å². The van der Waals surface area contributed by atoms with E-state index in [1.54, 1.807) is 0 Å². The molecule has 0 radical (unpaired) electrons. The van der Waals surface area contributed by atoms with E-state index in [-0.39, 0.29) is 0 Å². The molecule has 5 heteroatoms. The van der Waals surface area contributed by atoms with Gasteiger partial charge in [-0.15, -0.1) is 0 Å². The summed E-state index contributed by atoms with van der Waals surface area (Å²) in [6, 6.07) is 21.6. The Morgan fingerprint density at radius 3 is 2.60 bits per heavy atom. The molecule has 3 aromatic rings. The number of nitrogens with zero attached hydrogens (tertiary/aromatic N) is 1. The molecule has 25 heavy (non-hydrogen) atoms. The summed E-state index contributed by atoms with van der Waals surface area (Å²) in [7, 11) is 0. The summed E-state index contributed by atoms with van der Waals surface area (Å²) in [5.74, 6) is 0.104. The number of hydrogen-bond donors (Lipinski definition) is 2. The summed E-state index contributed by atoms with van der Waals surface area (Å²) >= 11 is 0. The van der Waals surface area contributed by atoms with E-state index >= 15 is 0 Å². The number of carbonyl (C=O) groups is 1. The molecule has 0 saturated carbocycles. The number of aliphatic hydroxyl groups excluding tert-OH is 1. The number of amides is 1. The highest BCUT2D eigenvalue weighted by Crippen LogP contribution is 2.27. The number of nitrogens with one attached hydrogen (secondary N) is 1. The SMILES string of the molecule is O=C(CO)NN=Cc1c(OCc2ccccc2)ccc2ccccc12. The van der Waals surface area contributed by atoms with E-state index in [0.29, 0.717) is 12.4 Å². The average molecular weight is 334 g/mol. The number of benzene rings is 3. The number of hydrogen-bond acceptors (Lipinski definition) is 4. The first kappa shape index (κ1) is 16.7. The summed E-state index contributed by atoms with van der Waals surface area (Å²) in [5, 5.41) is 14.7. The number of carbonyl (C=O) groups excluding carboxylic acids is 1. The summed E-state index contributed by atoms with van der Waals surface area (Å²) in [6.07, 6.45) is 1.54. The Kier molecular flexibility index (Phi) is 5.39. The van der Waals surface area contributed by atoms with Gasteiger partial charge in [0.1, 0.15) is 19.0 Å². The normalized spacial score (nSPS) is 10.9. The van der Waals surface area contributed by atoms with Crippen molar-refractivity contribution in [1.29, 1.82) is 0 Å². The van der Waals surface area contributed by atoms with Crippen molar-refractivity contribution in [3.05, 3.63) is 77.9 Å². The molecule has 0 aliphatic rings. The number of aliphatic hydroxyl groups is 1. The minimum atomic E-state index is -0.607. The van der Waals surface area contributed by atoms with Crippen LogP contribution >= 0.6 is 0 Å². The third-order valence-electron chi connectivity index (χ3n) is 3.69. The largest absolute Gasteiger partial charge is 0.488 e. The maximum atomic E-state index is 11.2. The first-order valence-corrected chi connectivity index (χ1v) is 7.89. The van der Waals surface area contributed by atoms with Gasteiger partial charge >= 0.3 is 0 Å². The minimum absolute atomic E-state index is 0.434. The smallest absolute Gasteiger partial charge is 0.265 e. The number of hydrazone groups is 1. The predicted molar refractivity (Wildman–Crippen MR) is 97.5 cm³/mol. The van der Waals surface area contributed by atoms with Gasteiger partial charge in [-0.25, -0.2) is 5.43 Å². The zero-order valence-corrected chi connectivity index (χ0v) is 13.6. The molecule has 0 fully saturated rings. The van der Waals surface area contributed by atoms with Gasteiger partial charge < -0.3 is 9.84 Å². The molecule has 5 nitrogen and oxygen atoms in total. The van der Waals surface area contributed by atoms with Crippen LogP contribution in [0.2, 0.25) is 0 Å². The Bertz CT molecular complexity index is 892. The van der Waals surface area contributed by atoms with Gasteiger partial charge in [0.2, 0.25) is 0 Å². The van der Waals surface area contributed by atoms with Crippen LogP contribution in [-0.2, 0) is 11.4 Å². The zero-order chi connectivity index (χ0) is 17.5. The lowest BCUT2D eigenvalue weighted by Crippen LogP contribution is -2.20. The van der Waals surface area contributed by atoms with Crippen molar-refractivity contribution in [3.8, 4) is 5.75 Å². The van der Waals surface area contributed by atoms with Crippen LogP contribution in [0.25, 0.3) is 10.8 Å². The second-order valence-corrected chi connectivity index (χ2v) is 5.42. The second kappa shape index (κ2) is 8.08. The first-order valence-electron chi connectivity index (χ1n) is 7.89. The van der Waals surface area contributed by atoms with Crippen LogP contribution in [0, 0.1) is 0 Å². The highest BCUT2D eigenvalue weighted by molar-refractivity contribution is 6.02. The second-order valence-electron chi connectivity index (χ2n) is 5.42. The average Bonchev–Trinajstić information content (AvgIpc) is 2.67. The van der Waals surface area contributed by atoms with Gasteiger partial charge in [0, 0.05) is 5.56 Å². The predicted octanol–water partition coefficient (Wildman–Crippen LogP) is 2.86. The fraction of sp³-hybridized carbons (Fsp3) is 0.100. The summed E-state index contributed by atoms with van der Waals surface area (Å²) in [6.45, 7) is -0.173. The molecule has 0 atom stereocenters. The molecule has 0 bridgehead atoms. The van der Waals surface area contributed by atoms with Crippen LogP contribution in [0.3, 0.4) is 0 Å². The van der Waals surface area contributed by atoms with E-state index < -0.39 is 12.5 Å². The fourth-order valence-corrected chi connectivity index (χ4v) is 2.47. The number of rotatable bonds is 6. The van der Waals surface area contributed by atoms with E-state index in [9.17, 15) is 4.79 Å². The Balaban J connectivity index is 1.90. The zero-order valence-electron chi connectivity index (χ0n) is 13.6. The Labute approximate surface area is 145 Å². The first-order chi connectivity index (χ1) is 12.3. The minimum Gasteiger partial charge on any atom is -0.488 e. The van der Waals surface area contributed by atoms with Crippen molar-refractivity contribution in [1.82, 2.24) is 5.43 Å². The summed E-state index contributed by atoms with van der Waals surface area (Å²) < 4.78 is 5.96. The Morgan fingerprint density at radius 1 is 1.04 bits per heavy atom. The molecule has 0 saturated heterocycles. The van der Waals surface area contributed by atoms with Crippen LogP contribution < -0.4 is 10.2 Å². The van der Waals surface area contributed by atoms with Crippen LogP contribution in [0.1, 0.15) is 11.1 Å². The van der Waals surface area contributed by atoms with Crippen LogP contribution in [-0.4, -0.2) is 23.8 Å². The van der Waals surface area contributed by atoms with Crippen LogP contribution in [0.5, 0.6) is 5.75 Å². The van der Waals surface area contributed by atoms with E-state index in [2.05, 4.69) is 10.5 Å². The fourth-order valence-electron chi connectivity index (χ4n) is 2.47. The van der Waals surface area contributed by atoms with Crippen molar-refractivity contribution >= 4 is 22.9 Å². The molecule has 126 valence electrons. The molecule has 0 aliphatic carbocycles. The number of fused-ring (bicyclic) bond motifs is 1. The summed E-state index contributed by atoms with van der Waals surface area (Å²) in [4.78, 5) is 11.2. The monoisotopic (exact) mass is 334 g/mol. The van der Waals surface area contributed by atoms with Crippen LogP contribution in [0.4, 0.5) is 0 Å². The van der Waals surface area contributed by atoms with Crippen molar-refractivity contribution in [2.75, 3.05) is 6.61 Å². The van der Waals surface area contributed by atoms with Crippen molar-refractivity contribution in [2.45, 2.75) is 6.61 Å². The standard InChI is InChI=1S/C20H18N2O3/c23-13-20(24)22-21-12-18-17-9-5-4-8-16(17)10-11-19(18)25-14-15-6-2-1-3-7-15/h1-12,23H,13-14H2,(H,22,24). The van der Waals surface area contributed by atoms with E-state index in [1.807, 2.05) is 66.7 Å². The van der Waals surface area contributed by atoms with Gasteiger partial charge in [-0.2, -0.15) is 5.10 Å². The third kappa shape index (κ3) is 4.22. The summed E-state index contributed by atoms with van der Waals surface area (Å²) in [5.41, 5.74) is 4.10. The lowest BCUT2D eigenvalue weighted by Gasteiger charge is -2.12. The van der Waals surface area contributed by atoms with E-state index in [1.165, 1.54) is 6.21 Å². The number of ether oxygens (including phenoxy) is 1. The van der Waals surface area contributed by atoms with E-state index in [0.717, 1.165) is 21.9 Å². The highest BCUT2D eigenvalue weighted by atomic mass is 16.5.